The Hall–Kier alpha value is -3.36. The van der Waals surface area contributed by atoms with Crippen molar-refractivity contribution in [1.29, 1.82) is 0 Å². The molecule has 2 aromatic rings. The molecule has 9 heteroatoms. The zero-order valence-electron chi connectivity index (χ0n) is 18.6. The summed E-state index contributed by atoms with van der Waals surface area (Å²) < 4.78 is 11.7. The van der Waals surface area contributed by atoms with Gasteiger partial charge in [-0.25, -0.2) is 9.78 Å². The molecule has 0 unspecified atom stereocenters. The number of rotatable bonds is 6. The van der Waals surface area contributed by atoms with Crippen LogP contribution in [0.25, 0.3) is 0 Å². The lowest BCUT2D eigenvalue weighted by Crippen LogP contribution is -2.64. The summed E-state index contributed by atoms with van der Waals surface area (Å²) in [6.45, 7) is 2.12. The smallest absolute Gasteiger partial charge is 0.359 e. The van der Waals surface area contributed by atoms with Crippen LogP contribution in [-0.4, -0.2) is 58.0 Å². The van der Waals surface area contributed by atoms with Crippen molar-refractivity contribution >= 4 is 17.8 Å². The number of esters is 1. The number of carbonyl (C=O) groups excluding carboxylic acids is 3. The molecule has 1 saturated carbocycles. The number of amides is 2. The summed E-state index contributed by atoms with van der Waals surface area (Å²) in [6.07, 6.45) is 5.47. The lowest BCUT2D eigenvalue weighted by Gasteiger charge is -2.44. The molecule has 170 valence electrons. The van der Waals surface area contributed by atoms with Crippen molar-refractivity contribution in [2.24, 2.45) is 0 Å². The van der Waals surface area contributed by atoms with Gasteiger partial charge in [-0.2, -0.15) is 0 Å². The third-order valence-electron chi connectivity index (χ3n) is 6.39. The van der Waals surface area contributed by atoms with Gasteiger partial charge in [0, 0.05) is 12.6 Å². The first-order valence-electron chi connectivity index (χ1n) is 10.8. The van der Waals surface area contributed by atoms with Crippen molar-refractivity contribution in [3.63, 3.8) is 0 Å². The summed E-state index contributed by atoms with van der Waals surface area (Å²) in [5, 5.41) is 3.14. The molecule has 1 aliphatic carbocycles. The van der Waals surface area contributed by atoms with Crippen molar-refractivity contribution in [2.75, 3.05) is 14.2 Å². The number of nitrogens with one attached hydrogen (secondary N) is 1. The normalized spacial score (nSPS) is 20.7. The zero-order chi connectivity index (χ0) is 22.9. The molecular weight excluding hydrogens is 412 g/mol. The number of fused-ring (bicyclic) bond motifs is 1. The molecule has 1 atom stereocenters. The summed E-state index contributed by atoms with van der Waals surface area (Å²) in [5.74, 6) is -0.683. The molecule has 32 heavy (non-hydrogen) atoms. The zero-order valence-corrected chi connectivity index (χ0v) is 18.6. The van der Waals surface area contributed by atoms with Crippen LogP contribution < -0.4 is 10.1 Å². The van der Waals surface area contributed by atoms with Crippen LogP contribution in [0.15, 0.2) is 30.6 Å². The Kier molecular flexibility index (Phi) is 5.90. The van der Waals surface area contributed by atoms with Gasteiger partial charge >= 0.3 is 5.97 Å². The van der Waals surface area contributed by atoms with Crippen LogP contribution in [0.2, 0.25) is 0 Å². The van der Waals surface area contributed by atoms with Gasteiger partial charge in [0.1, 0.15) is 17.0 Å². The standard InChI is InChI=1S/C23H28N4O5/c1-23(22(30)25-16-8-4-5-9-16)13-26-14-24-18(21(29)32-3)19(26)20(28)27(23)12-15-7-6-10-17(11-15)31-2/h6-7,10-11,14,16H,4-5,8-9,12-13H2,1-3H3,(H,25,30)/t23-/m0/s1. The van der Waals surface area contributed by atoms with Gasteiger partial charge < -0.3 is 24.3 Å². The average molecular weight is 441 g/mol. The van der Waals surface area contributed by atoms with Gasteiger partial charge in [0.15, 0.2) is 5.69 Å². The van der Waals surface area contributed by atoms with Crippen molar-refractivity contribution in [2.45, 2.75) is 57.3 Å². The number of imidazole rings is 1. The van der Waals surface area contributed by atoms with Gasteiger partial charge in [0.25, 0.3) is 5.91 Å². The van der Waals surface area contributed by atoms with Crippen LogP contribution in [0, 0.1) is 0 Å². The van der Waals surface area contributed by atoms with E-state index in [0.717, 1.165) is 31.2 Å². The number of carbonyl (C=O) groups is 3. The Morgan fingerprint density at radius 3 is 2.69 bits per heavy atom. The van der Waals surface area contributed by atoms with Crippen LogP contribution >= 0.6 is 0 Å². The van der Waals surface area contributed by atoms with E-state index in [1.807, 2.05) is 24.3 Å². The van der Waals surface area contributed by atoms with E-state index in [4.69, 9.17) is 9.47 Å². The molecule has 1 fully saturated rings. The topological polar surface area (TPSA) is 103 Å². The van der Waals surface area contributed by atoms with Crippen molar-refractivity contribution in [3.8, 4) is 5.75 Å². The van der Waals surface area contributed by atoms with Gasteiger partial charge in [-0.3, -0.25) is 9.59 Å². The number of hydrogen-bond donors (Lipinski definition) is 1. The molecular formula is C23H28N4O5. The number of nitrogens with zero attached hydrogens (tertiary/aromatic N) is 3. The molecule has 0 saturated heterocycles. The summed E-state index contributed by atoms with van der Waals surface area (Å²) in [5.41, 5.74) is -0.272. The summed E-state index contributed by atoms with van der Waals surface area (Å²) in [4.78, 5) is 45.0. The highest BCUT2D eigenvalue weighted by Gasteiger charge is 2.49. The number of aromatic nitrogens is 2. The molecule has 1 aliphatic heterocycles. The Morgan fingerprint density at radius 1 is 1.25 bits per heavy atom. The van der Waals surface area contributed by atoms with E-state index < -0.39 is 17.4 Å². The van der Waals surface area contributed by atoms with E-state index in [2.05, 4.69) is 10.3 Å². The van der Waals surface area contributed by atoms with E-state index in [9.17, 15) is 14.4 Å². The first-order chi connectivity index (χ1) is 15.4. The minimum Gasteiger partial charge on any atom is -0.497 e. The van der Waals surface area contributed by atoms with Crippen molar-refractivity contribution < 1.29 is 23.9 Å². The lowest BCUT2D eigenvalue weighted by atomic mass is 9.93. The highest BCUT2D eigenvalue weighted by Crippen LogP contribution is 2.32. The molecule has 2 heterocycles. The van der Waals surface area contributed by atoms with Crippen LogP contribution in [0.4, 0.5) is 0 Å². The highest BCUT2D eigenvalue weighted by atomic mass is 16.5. The van der Waals surface area contributed by atoms with Gasteiger partial charge in [0.2, 0.25) is 5.91 Å². The predicted octanol–water partition coefficient (Wildman–Crippen LogP) is 2.15. The molecule has 0 spiro atoms. The molecule has 2 aliphatic rings. The lowest BCUT2D eigenvalue weighted by molar-refractivity contribution is -0.134. The predicted molar refractivity (Wildman–Crippen MR) is 115 cm³/mol. The summed E-state index contributed by atoms with van der Waals surface area (Å²) >= 11 is 0. The second-order valence-electron chi connectivity index (χ2n) is 8.53. The Labute approximate surface area is 186 Å². The van der Waals surface area contributed by atoms with Gasteiger partial charge in [-0.1, -0.05) is 25.0 Å². The molecule has 0 radical (unpaired) electrons. The molecule has 1 aromatic carbocycles. The van der Waals surface area contributed by atoms with Gasteiger partial charge in [0.05, 0.1) is 27.1 Å². The summed E-state index contributed by atoms with van der Waals surface area (Å²) in [6, 6.07) is 7.47. The largest absolute Gasteiger partial charge is 0.497 e. The number of methoxy groups -OCH3 is 2. The number of ether oxygens (including phenoxy) is 2. The minimum absolute atomic E-state index is 0.0496. The maximum Gasteiger partial charge on any atom is 0.359 e. The highest BCUT2D eigenvalue weighted by molar-refractivity contribution is 6.06. The average Bonchev–Trinajstić information content (AvgIpc) is 3.46. The Morgan fingerprint density at radius 2 is 2.00 bits per heavy atom. The molecule has 1 aromatic heterocycles. The van der Waals surface area contributed by atoms with E-state index >= 15 is 0 Å². The molecule has 9 nitrogen and oxygen atoms in total. The quantitative estimate of drug-likeness (QED) is 0.691. The fourth-order valence-electron chi connectivity index (χ4n) is 4.55. The SMILES string of the molecule is COC(=O)c1ncn2c1C(=O)N(Cc1cccc(OC)c1)[C@](C)(C(=O)NC1CCCC1)C2. The fraction of sp³-hybridized carbons (Fsp3) is 0.478. The number of hydrogen-bond acceptors (Lipinski definition) is 6. The second kappa shape index (κ2) is 8.64. The minimum atomic E-state index is -1.16. The molecule has 4 rings (SSSR count). The van der Waals surface area contributed by atoms with E-state index in [1.54, 1.807) is 18.6 Å². The second-order valence-corrected chi connectivity index (χ2v) is 8.53. The molecule has 1 N–H and O–H groups in total. The maximum absolute atomic E-state index is 13.7. The first kappa shape index (κ1) is 21.9. The van der Waals surface area contributed by atoms with Gasteiger partial charge in [-0.15, -0.1) is 0 Å². The van der Waals surface area contributed by atoms with Crippen LogP contribution in [0.3, 0.4) is 0 Å². The molecule has 0 bridgehead atoms. The van der Waals surface area contributed by atoms with E-state index in [1.165, 1.54) is 18.3 Å². The third kappa shape index (κ3) is 3.83. The fourth-order valence-corrected chi connectivity index (χ4v) is 4.55. The van der Waals surface area contributed by atoms with Crippen LogP contribution in [-0.2, 0) is 22.6 Å². The molecule has 2 amide bonds. The third-order valence-corrected chi connectivity index (χ3v) is 6.39. The Balaban J connectivity index is 1.73. The van der Waals surface area contributed by atoms with E-state index in [0.29, 0.717) is 5.75 Å². The Bertz CT molecular complexity index is 1040. The summed E-state index contributed by atoms with van der Waals surface area (Å²) in [7, 11) is 2.82. The maximum atomic E-state index is 13.7. The van der Waals surface area contributed by atoms with Crippen molar-refractivity contribution in [3.05, 3.63) is 47.5 Å². The number of benzene rings is 1. The monoisotopic (exact) mass is 440 g/mol. The van der Waals surface area contributed by atoms with E-state index in [-0.39, 0.29) is 36.4 Å². The van der Waals surface area contributed by atoms with Crippen LogP contribution in [0.1, 0.15) is 59.1 Å². The first-order valence-corrected chi connectivity index (χ1v) is 10.8. The van der Waals surface area contributed by atoms with Crippen molar-refractivity contribution in [1.82, 2.24) is 19.8 Å². The van der Waals surface area contributed by atoms with Gasteiger partial charge in [-0.05, 0) is 37.5 Å². The van der Waals surface area contributed by atoms with Crippen LogP contribution in [0.5, 0.6) is 5.75 Å².